The summed E-state index contributed by atoms with van der Waals surface area (Å²) in [5.74, 6) is -0.888. The number of nitrogens with two attached hydrogens (primary N) is 1. The summed E-state index contributed by atoms with van der Waals surface area (Å²) in [5, 5.41) is 9.13. The van der Waals surface area contributed by atoms with Crippen molar-refractivity contribution in [3.05, 3.63) is 17.3 Å². The summed E-state index contributed by atoms with van der Waals surface area (Å²) in [6.07, 6.45) is -1.79. The SMILES string of the molecule is Nc1ncc(O)c(CCl)c1C(F)F. The van der Waals surface area contributed by atoms with Crippen LogP contribution in [-0.4, -0.2) is 10.1 Å². The van der Waals surface area contributed by atoms with Crippen LogP contribution >= 0.6 is 11.6 Å². The molecule has 0 unspecified atom stereocenters. The van der Waals surface area contributed by atoms with E-state index in [2.05, 4.69) is 4.98 Å². The van der Waals surface area contributed by atoms with Crippen molar-refractivity contribution in [2.24, 2.45) is 0 Å². The van der Waals surface area contributed by atoms with E-state index in [1.165, 1.54) is 0 Å². The van der Waals surface area contributed by atoms with Crippen LogP contribution < -0.4 is 5.73 Å². The number of rotatable bonds is 2. The molecule has 3 nitrogen and oxygen atoms in total. The number of aromatic hydroxyl groups is 1. The largest absolute Gasteiger partial charge is 0.506 e. The first kappa shape index (κ1) is 9.98. The number of halogens is 3. The Labute approximate surface area is 78.1 Å². The minimum absolute atomic E-state index is 0.0656. The molecule has 0 aliphatic carbocycles. The first-order chi connectivity index (χ1) is 6.07. The Balaban J connectivity index is 3.35. The Morgan fingerprint density at radius 2 is 2.23 bits per heavy atom. The van der Waals surface area contributed by atoms with Crippen molar-refractivity contribution in [1.29, 1.82) is 0 Å². The molecule has 1 aromatic rings. The van der Waals surface area contributed by atoms with Gasteiger partial charge in [-0.1, -0.05) is 0 Å². The maximum atomic E-state index is 12.4. The minimum Gasteiger partial charge on any atom is -0.506 e. The van der Waals surface area contributed by atoms with E-state index in [0.717, 1.165) is 6.20 Å². The predicted octanol–water partition coefficient (Wildman–Crippen LogP) is 2.05. The van der Waals surface area contributed by atoms with Gasteiger partial charge in [-0.05, 0) is 0 Å². The molecular weight excluding hydrogens is 202 g/mol. The van der Waals surface area contributed by atoms with Crippen molar-refractivity contribution in [3.63, 3.8) is 0 Å². The van der Waals surface area contributed by atoms with E-state index in [4.69, 9.17) is 22.4 Å². The highest BCUT2D eigenvalue weighted by Crippen LogP contribution is 2.33. The van der Waals surface area contributed by atoms with Gasteiger partial charge in [-0.3, -0.25) is 0 Å². The summed E-state index contributed by atoms with van der Waals surface area (Å²) >= 11 is 5.38. The number of hydrogen-bond acceptors (Lipinski definition) is 3. The van der Waals surface area contributed by atoms with Crippen LogP contribution in [0.1, 0.15) is 17.6 Å². The molecule has 0 bridgehead atoms. The number of nitrogens with zero attached hydrogens (tertiary/aromatic N) is 1. The van der Waals surface area contributed by atoms with Crippen LogP contribution in [-0.2, 0) is 5.88 Å². The third kappa shape index (κ3) is 1.80. The molecule has 0 saturated carbocycles. The van der Waals surface area contributed by atoms with Gasteiger partial charge in [-0.25, -0.2) is 13.8 Å². The van der Waals surface area contributed by atoms with Crippen molar-refractivity contribution in [2.45, 2.75) is 12.3 Å². The number of pyridine rings is 1. The Hall–Kier alpha value is -1.10. The summed E-state index contributed by atoms with van der Waals surface area (Å²) in [4.78, 5) is 3.40. The van der Waals surface area contributed by atoms with Gasteiger partial charge in [0.05, 0.1) is 17.6 Å². The molecule has 1 heterocycles. The molecule has 0 fully saturated rings. The molecule has 1 aromatic heterocycles. The highest BCUT2D eigenvalue weighted by Gasteiger charge is 2.19. The second-order valence-corrected chi connectivity index (χ2v) is 2.62. The summed E-state index contributed by atoms with van der Waals surface area (Å²) in [7, 11) is 0. The smallest absolute Gasteiger partial charge is 0.267 e. The van der Waals surface area contributed by atoms with Crippen molar-refractivity contribution >= 4 is 17.4 Å². The van der Waals surface area contributed by atoms with E-state index in [0.29, 0.717) is 0 Å². The number of hydrogen-bond donors (Lipinski definition) is 2. The minimum atomic E-state index is -2.78. The van der Waals surface area contributed by atoms with E-state index < -0.39 is 12.0 Å². The van der Waals surface area contributed by atoms with Gasteiger partial charge in [0.25, 0.3) is 6.43 Å². The molecule has 0 amide bonds. The van der Waals surface area contributed by atoms with E-state index in [9.17, 15) is 8.78 Å². The number of aromatic nitrogens is 1. The molecule has 0 radical (unpaired) electrons. The second kappa shape index (κ2) is 3.74. The molecule has 1 rings (SSSR count). The quantitative estimate of drug-likeness (QED) is 0.732. The number of nitrogen functional groups attached to an aromatic ring is 1. The predicted molar refractivity (Wildman–Crippen MR) is 44.8 cm³/mol. The zero-order valence-corrected chi connectivity index (χ0v) is 7.22. The van der Waals surface area contributed by atoms with Gasteiger partial charge < -0.3 is 10.8 Å². The fraction of sp³-hybridized carbons (Fsp3) is 0.286. The highest BCUT2D eigenvalue weighted by atomic mass is 35.5. The normalized spacial score (nSPS) is 10.8. The molecule has 0 atom stereocenters. The van der Waals surface area contributed by atoms with E-state index in [1.807, 2.05) is 0 Å². The summed E-state index contributed by atoms with van der Waals surface area (Å²) in [5.41, 5.74) is 4.65. The fourth-order valence-electron chi connectivity index (χ4n) is 0.955. The van der Waals surface area contributed by atoms with Gasteiger partial charge >= 0.3 is 0 Å². The van der Waals surface area contributed by atoms with Gasteiger partial charge in [0.2, 0.25) is 0 Å². The summed E-state index contributed by atoms with van der Waals surface area (Å²) < 4.78 is 24.7. The number of anilines is 1. The van der Waals surface area contributed by atoms with Gasteiger partial charge in [0, 0.05) is 5.56 Å². The lowest BCUT2D eigenvalue weighted by atomic mass is 10.1. The molecule has 0 aliphatic rings. The third-order valence-corrected chi connectivity index (χ3v) is 1.86. The highest BCUT2D eigenvalue weighted by molar-refractivity contribution is 6.17. The van der Waals surface area contributed by atoms with Crippen LogP contribution in [0.5, 0.6) is 5.75 Å². The molecule has 0 aromatic carbocycles. The van der Waals surface area contributed by atoms with Gasteiger partial charge in [0.15, 0.2) is 0 Å². The lowest BCUT2D eigenvalue weighted by molar-refractivity contribution is 0.150. The Morgan fingerprint density at radius 3 is 2.62 bits per heavy atom. The lowest BCUT2D eigenvalue weighted by Gasteiger charge is -2.09. The first-order valence-electron chi connectivity index (χ1n) is 3.38. The molecule has 0 spiro atoms. The topological polar surface area (TPSA) is 59.1 Å². The molecule has 6 heteroatoms. The zero-order chi connectivity index (χ0) is 10.0. The van der Waals surface area contributed by atoms with Crippen molar-refractivity contribution in [2.75, 3.05) is 5.73 Å². The zero-order valence-electron chi connectivity index (χ0n) is 6.47. The van der Waals surface area contributed by atoms with Crippen LogP contribution in [0.4, 0.5) is 14.6 Å². The summed E-state index contributed by atoms with van der Waals surface area (Å²) in [6, 6.07) is 0. The van der Waals surface area contributed by atoms with Crippen molar-refractivity contribution in [3.8, 4) is 5.75 Å². The first-order valence-corrected chi connectivity index (χ1v) is 3.91. The standard InChI is InChI=1S/C7H7ClF2N2O/c8-1-3-4(13)2-12-7(11)5(3)6(9)10/h2,6,13H,1H2,(H2,11,12). The molecule has 0 saturated heterocycles. The molecule has 0 aliphatic heterocycles. The van der Waals surface area contributed by atoms with Crippen LogP contribution in [0.2, 0.25) is 0 Å². The number of alkyl halides is 3. The van der Waals surface area contributed by atoms with Crippen LogP contribution in [0.3, 0.4) is 0 Å². The van der Waals surface area contributed by atoms with E-state index in [1.54, 1.807) is 0 Å². The van der Waals surface area contributed by atoms with Gasteiger partial charge in [0.1, 0.15) is 11.6 Å². The maximum absolute atomic E-state index is 12.4. The Morgan fingerprint density at radius 1 is 1.62 bits per heavy atom. The fourth-order valence-corrected chi connectivity index (χ4v) is 1.24. The molecule has 3 N–H and O–H groups in total. The van der Waals surface area contributed by atoms with Gasteiger partial charge in [-0.2, -0.15) is 0 Å². The maximum Gasteiger partial charge on any atom is 0.267 e. The van der Waals surface area contributed by atoms with Crippen LogP contribution in [0.15, 0.2) is 6.20 Å². The average Bonchev–Trinajstić information content (AvgIpc) is 2.07. The molecule has 13 heavy (non-hydrogen) atoms. The molecule has 72 valence electrons. The average molecular weight is 209 g/mol. The third-order valence-electron chi connectivity index (χ3n) is 1.59. The molecular formula is C7H7ClF2N2O. The van der Waals surface area contributed by atoms with E-state index >= 15 is 0 Å². The Bertz CT molecular complexity index is 320. The lowest BCUT2D eigenvalue weighted by Crippen LogP contribution is -2.02. The van der Waals surface area contributed by atoms with Crippen molar-refractivity contribution < 1.29 is 13.9 Å². The van der Waals surface area contributed by atoms with Crippen LogP contribution in [0, 0.1) is 0 Å². The Kier molecular flexibility index (Phi) is 2.87. The second-order valence-electron chi connectivity index (χ2n) is 2.36. The van der Waals surface area contributed by atoms with Crippen LogP contribution in [0.25, 0.3) is 0 Å². The summed E-state index contributed by atoms with van der Waals surface area (Å²) in [6.45, 7) is 0. The van der Waals surface area contributed by atoms with Gasteiger partial charge in [-0.15, -0.1) is 11.6 Å². The monoisotopic (exact) mass is 208 g/mol. The van der Waals surface area contributed by atoms with E-state index in [-0.39, 0.29) is 23.0 Å². The van der Waals surface area contributed by atoms with Crippen molar-refractivity contribution in [1.82, 2.24) is 4.98 Å².